The van der Waals surface area contributed by atoms with E-state index >= 15 is 0 Å². The van der Waals surface area contributed by atoms with Gasteiger partial charge in [-0.3, -0.25) is 0 Å². The molecule has 1 heterocycles. The molecular formula is C16H29N. The van der Waals surface area contributed by atoms with Gasteiger partial charge in [0.1, 0.15) is 0 Å². The predicted octanol–water partition coefficient (Wildman–Crippen LogP) is 4.95. The van der Waals surface area contributed by atoms with Crippen LogP contribution in [0.4, 0.5) is 0 Å². The molecule has 0 saturated carbocycles. The second kappa shape index (κ2) is 8.38. The first kappa shape index (κ1) is 14.3. The lowest BCUT2D eigenvalue weighted by Gasteiger charge is -2.09. The fourth-order valence-corrected chi connectivity index (χ4v) is 2.46. The maximum absolute atomic E-state index is 2.39. The third kappa shape index (κ3) is 6.55. The first-order chi connectivity index (χ1) is 8.22. The Morgan fingerprint density at radius 1 is 1.12 bits per heavy atom. The van der Waals surface area contributed by atoms with Crippen LogP contribution in [0.25, 0.3) is 0 Å². The smallest absolute Gasteiger partial charge is 0.0106 e. The summed E-state index contributed by atoms with van der Waals surface area (Å²) in [7, 11) is 2.10. The molecule has 1 rings (SSSR count). The molecule has 0 spiro atoms. The molecule has 0 aliphatic carbocycles. The van der Waals surface area contributed by atoms with Gasteiger partial charge >= 0.3 is 0 Å². The Morgan fingerprint density at radius 2 is 1.82 bits per heavy atom. The Labute approximate surface area is 107 Å². The van der Waals surface area contributed by atoms with E-state index in [1.54, 1.807) is 0 Å². The summed E-state index contributed by atoms with van der Waals surface area (Å²) < 4.78 is 2.15. The van der Waals surface area contributed by atoms with Gasteiger partial charge < -0.3 is 4.57 Å². The zero-order chi connectivity index (χ0) is 12.5. The van der Waals surface area contributed by atoms with Gasteiger partial charge in [-0.05, 0) is 24.0 Å². The normalized spacial score (nSPS) is 12.9. The molecule has 0 aliphatic rings. The minimum atomic E-state index is 0.837. The average Bonchev–Trinajstić information content (AvgIpc) is 2.69. The highest BCUT2D eigenvalue weighted by Gasteiger charge is 2.04. The van der Waals surface area contributed by atoms with Crippen molar-refractivity contribution in [2.75, 3.05) is 0 Å². The molecular weight excluding hydrogens is 206 g/mol. The van der Waals surface area contributed by atoms with Crippen LogP contribution in [0.5, 0.6) is 0 Å². The van der Waals surface area contributed by atoms with Gasteiger partial charge in [0.2, 0.25) is 0 Å². The minimum Gasteiger partial charge on any atom is -0.357 e. The molecule has 1 heteroatoms. The number of hydrogen-bond acceptors (Lipinski definition) is 0. The van der Waals surface area contributed by atoms with Crippen molar-refractivity contribution in [2.24, 2.45) is 13.0 Å². The number of aromatic nitrogens is 1. The summed E-state index contributed by atoms with van der Waals surface area (Å²) in [4.78, 5) is 0. The van der Waals surface area contributed by atoms with E-state index in [2.05, 4.69) is 43.9 Å². The van der Waals surface area contributed by atoms with Crippen molar-refractivity contribution in [3.8, 4) is 0 Å². The van der Waals surface area contributed by atoms with Gasteiger partial charge in [-0.25, -0.2) is 0 Å². The summed E-state index contributed by atoms with van der Waals surface area (Å²) in [6, 6.07) is 2.25. The highest BCUT2D eigenvalue weighted by atomic mass is 14.9. The third-order valence-corrected chi connectivity index (χ3v) is 3.53. The van der Waals surface area contributed by atoms with E-state index in [1.807, 2.05) is 0 Å². The maximum atomic E-state index is 2.39. The van der Waals surface area contributed by atoms with Gasteiger partial charge in [0.25, 0.3) is 0 Å². The molecule has 0 radical (unpaired) electrons. The number of rotatable bonds is 9. The lowest BCUT2D eigenvalue weighted by atomic mass is 9.96. The fraction of sp³-hybridized carbons (Fsp3) is 0.750. The standard InChI is InChI=1S/C16H29N/c1-4-5-6-7-8-9-10-15(2)13-16-11-12-17(3)14-16/h11-12,14-15H,4-10,13H2,1-3H3. The van der Waals surface area contributed by atoms with E-state index in [0.717, 1.165) is 5.92 Å². The molecule has 1 unspecified atom stereocenters. The summed E-state index contributed by atoms with van der Waals surface area (Å²) >= 11 is 0. The molecule has 17 heavy (non-hydrogen) atoms. The summed E-state index contributed by atoms with van der Waals surface area (Å²) in [6.45, 7) is 4.67. The van der Waals surface area contributed by atoms with E-state index in [9.17, 15) is 0 Å². The van der Waals surface area contributed by atoms with Crippen molar-refractivity contribution in [3.05, 3.63) is 24.0 Å². The Morgan fingerprint density at radius 3 is 2.47 bits per heavy atom. The monoisotopic (exact) mass is 235 g/mol. The number of aryl methyl sites for hydroxylation is 1. The molecule has 98 valence electrons. The van der Waals surface area contributed by atoms with Gasteiger partial charge in [0.05, 0.1) is 0 Å². The summed E-state index contributed by atoms with van der Waals surface area (Å²) in [5.41, 5.74) is 1.49. The van der Waals surface area contributed by atoms with Crippen molar-refractivity contribution < 1.29 is 0 Å². The quantitative estimate of drug-likeness (QED) is 0.533. The van der Waals surface area contributed by atoms with Crippen LogP contribution in [-0.4, -0.2) is 4.57 Å². The molecule has 0 N–H and O–H groups in total. The second-order valence-electron chi connectivity index (χ2n) is 5.55. The molecule has 0 aliphatic heterocycles. The van der Waals surface area contributed by atoms with Crippen molar-refractivity contribution in [1.82, 2.24) is 4.57 Å². The van der Waals surface area contributed by atoms with Crippen molar-refractivity contribution >= 4 is 0 Å². The molecule has 1 aromatic rings. The van der Waals surface area contributed by atoms with Crippen LogP contribution in [0, 0.1) is 5.92 Å². The number of unbranched alkanes of at least 4 members (excludes halogenated alkanes) is 5. The first-order valence-corrected chi connectivity index (χ1v) is 7.33. The van der Waals surface area contributed by atoms with Crippen molar-refractivity contribution in [2.45, 2.75) is 65.2 Å². The Hall–Kier alpha value is -0.720. The highest BCUT2D eigenvalue weighted by molar-refractivity contribution is 5.10. The molecule has 0 bridgehead atoms. The largest absolute Gasteiger partial charge is 0.357 e. The van der Waals surface area contributed by atoms with E-state index < -0.39 is 0 Å². The van der Waals surface area contributed by atoms with Gasteiger partial charge in [0.15, 0.2) is 0 Å². The van der Waals surface area contributed by atoms with E-state index in [0.29, 0.717) is 0 Å². The Balaban J connectivity index is 2.03. The SMILES string of the molecule is CCCCCCCCC(C)Cc1ccn(C)c1. The van der Waals surface area contributed by atoms with Crippen molar-refractivity contribution in [3.63, 3.8) is 0 Å². The topological polar surface area (TPSA) is 4.93 Å². The Bertz CT molecular complexity index is 287. The van der Waals surface area contributed by atoms with Crippen LogP contribution in [0.15, 0.2) is 18.5 Å². The number of hydrogen-bond donors (Lipinski definition) is 0. The van der Waals surface area contributed by atoms with Crippen LogP contribution < -0.4 is 0 Å². The molecule has 0 fully saturated rings. The van der Waals surface area contributed by atoms with E-state index in [1.165, 1.54) is 56.9 Å². The minimum absolute atomic E-state index is 0.837. The highest BCUT2D eigenvalue weighted by Crippen LogP contribution is 2.16. The second-order valence-corrected chi connectivity index (χ2v) is 5.55. The first-order valence-electron chi connectivity index (χ1n) is 7.33. The molecule has 1 atom stereocenters. The summed E-state index contributed by atoms with van der Waals surface area (Å²) in [5, 5.41) is 0. The molecule has 0 amide bonds. The zero-order valence-electron chi connectivity index (χ0n) is 11.9. The van der Waals surface area contributed by atoms with E-state index in [4.69, 9.17) is 0 Å². The van der Waals surface area contributed by atoms with Gasteiger partial charge in [0, 0.05) is 19.4 Å². The lowest BCUT2D eigenvalue weighted by Crippen LogP contribution is -1.99. The average molecular weight is 235 g/mol. The summed E-state index contributed by atoms with van der Waals surface area (Å²) in [5.74, 6) is 0.837. The maximum Gasteiger partial charge on any atom is 0.0106 e. The molecule has 1 aromatic heterocycles. The predicted molar refractivity (Wildman–Crippen MR) is 76.3 cm³/mol. The van der Waals surface area contributed by atoms with Gasteiger partial charge in [-0.1, -0.05) is 58.8 Å². The van der Waals surface area contributed by atoms with Crippen LogP contribution in [0.2, 0.25) is 0 Å². The third-order valence-electron chi connectivity index (χ3n) is 3.53. The molecule has 0 saturated heterocycles. The summed E-state index contributed by atoms with van der Waals surface area (Å²) in [6.07, 6.45) is 15.5. The van der Waals surface area contributed by atoms with Gasteiger partial charge in [-0.2, -0.15) is 0 Å². The van der Waals surface area contributed by atoms with Crippen LogP contribution in [-0.2, 0) is 13.5 Å². The van der Waals surface area contributed by atoms with Crippen LogP contribution in [0.1, 0.15) is 64.4 Å². The lowest BCUT2D eigenvalue weighted by molar-refractivity contribution is 0.481. The van der Waals surface area contributed by atoms with E-state index in [-0.39, 0.29) is 0 Å². The van der Waals surface area contributed by atoms with Crippen molar-refractivity contribution in [1.29, 1.82) is 0 Å². The zero-order valence-corrected chi connectivity index (χ0v) is 11.9. The van der Waals surface area contributed by atoms with Gasteiger partial charge in [-0.15, -0.1) is 0 Å². The molecule has 0 aromatic carbocycles. The van der Waals surface area contributed by atoms with Crippen LogP contribution in [0.3, 0.4) is 0 Å². The molecule has 1 nitrogen and oxygen atoms in total. The fourth-order valence-electron chi connectivity index (χ4n) is 2.46. The van der Waals surface area contributed by atoms with Crippen LogP contribution >= 0.6 is 0 Å². The Kier molecular flexibility index (Phi) is 7.07. The number of nitrogens with zero attached hydrogens (tertiary/aromatic N) is 1.